The molecular weight excluding hydrogens is 942 g/mol. The minimum absolute atomic E-state index is 0.0818. The van der Waals surface area contributed by atoms with Crippen LogP contribution in [0.25, 0.3) is 11.3 Å². The van der Waals surface area contributed by atoms with Gasteiger partial charge in [0.25, 0.3) is 6.43 Å². The Hall–Kier alpha value is -4.57. The molecule has 0 amide bonds. The van der Waals surface area contributed by atoms with Crippen molar-refractivity contribution in [1.82, 2.24) is 39.8 Å². The first kappa shape index (κ1) is 51.9. The maximum absolute atomic E-state index is 17.5. The first-order chi connectivity index (χ1) is 35.1. The lowest BCUT2D eigenvalue weighted by atomic mass is 9.54. The molecule has 12 atom stereocenters. The van der Waals surface area contributed by atoms with E-state index < -0.39 is 17.3 Å². The van der Waals surface area contributed by atoms with Crippen molar-refractivity contribution in [3.63, 3.8) is 0 Å². The standard InChI is InChI=1S/C59H75ClF2N8O3/c1-10-58-51-29-43(26-38-14-12-11-13-15-38)54(58)67(6)36(2)31-63-50-30-45(27-39-16-22-44(60)23-17-39)68(7)55-47(35-72-9)65-53(59(50,55)57(58)71)37(3)70(51)33-42-19-18-41(56(61)62)28-49(42)73-46-24-20-40(21-25-46)48-32-64-52(69(48)8)34-66(4)5/h11-25,28,32,36-37,43,45,47,50-51,53-56,63,65H,10,26-27,29-31,33-35H2,1-9H3/t36-,37-,43+,45-,47+,50?,51?,53?,54?,55?,58?,59?/m0/s1. The number of imidazole rings is 1. The van der Waals surface area contributed by atoms with E-state index in [9.17, 15) is 8.78 Å². The second-order valence-corrected chi connectivity index (χ2v) is 22.8. The van der Waals surface area contributed by atoms with Gasteiger partial charge in [-0.15, -0.1) is 0 Å². The Balaban J connectivity index is 1.10. The number of Topliss-reactive ketones (excluding diaryl/α,β-unsaturated/α-hetero) is 1. The zero-order valence-electron chi connectivity index (χ0n) is 44.1. The molecule has 0 radical (unpaired) electrons. The second-order valence-electron chi connectivity index (χ2n) is 22.4. The van der Waals surface area contributed by atoms with Crippen LogP contribution in [0.3, 0.4) is 0 Å². The van der Waals surface area contributed by atoms with E-state index in [1.807, 2.05) is 69.8 Å². The number of piperidine rings is 1. The second kappa shape index (κ2) is 20.9. The number of hydrogen-bond acceptors (Lipinski definition) is 10. The van der Waals surface area contributed by atoms with E-state index in [4.69, 9.17) is 21.1 Å². The molecule has 11 nitrogen and oxygen atoms in total. The molecule has 4 aliphatic heterocycles. The van der Waals surface area contributed by atoms with Crippen molar-refractivity contribution in [3.8, 4) is 22.8 Å². The quantitative estimate of drug-likeness (QED) is 0.106. The lowest BCUT2D eigenvalue weighted by molar-refractivity contribution is -0.154. The molecule has 5 heterocycles. The van der Waals surface area contributed by atoms with Gasteiger partial charge in [-0.1, -0.05) is 73.1 Å². The number of alkyl halides is 2. The summed E-state index contributed by atoms with van der Waals surface area (Å²) in [5.74, 6) is 2.39. The third kappa shape index (κ3) is 9.07. The molecule has 2 N–H and O–H groups in total. The van der Waals surface area contributed by atoms with Crippen LogP contribution in [-0.2, 0) is 42.5 Å². The number of likely N-dealkylation sites (tertiary alicyclic amines) is 2. The number of hydrogen-bond donors (Lipinski definition) is 2. The van der Waals surface area contributed by atoms with E-state index in [0.29, 0.717) is 48.4 Å². The van der Waals surface area contributed by atoms with Gasteiger partial charge >= 0.3 is 0 Å². The highest BCUT2D eigenvalue weighted by Gasteiger charge is 2.77. The fourth-order valence-electron chi connectivity index (χ4n) is 14.9. The third-order valence-electron chi connectivity index (χ3n) is 18.3. The van der Waals surface area contributed by atoms with Gasteiger partial charge in [-0.3, -0.25) is 19.5 Å². The normalized spacial score (nSPS) is 31.6. The van der Waals surface area contributed by atoms with E-state index in [1.165, 1.54) is 17.2 Å². The van der Waals surface area contributed by atoms with Crippen LogP contribution in [0.2, 0.25) is 5.02 Å². The van der Waals surface area contributed by atoms with Crippen LogP contribution in [0.1, 0.15) is 74.5 Å². The topological polar surface area (TPSA) is 90.4 Å². The smallest absolute Gasteiger partial charge is 0.263 e. The van der Waals surface area contributed by atoms with Gasteiger partial charge in [-0.05, 0) is 134 Å². The maximum atomic E-state index is 17.5. The number of ketones is 1. The van der Waals surface area contributed by atoms with Crippen LogP contribution in [0.4, 0.5) is 8.78 Å². The summed E-state index contributed by atoms with van der Waals surface area (Å²) in [5.41, 5.74) is 3.46. The van der Waals surface area contributed by atoms with Crippen LogP contribution >= 0.6 is 11.6 Å². The summed E-state index contributed by atoms with van der Waals surface area (Å²) in [5, 5.41) is 9.08. The molecule has 4 saturated heterocycles. The summed E-state index contributed by atoms with van der Waals surface area (Å²) in [6.07, 6.45) is 3.10. The van der Waals surface area contributed by atoms with Gasteiger partial charge in [0.05, 0.1) is 35.9 Å². The molecule has 7 unspecified atom stereocenters. The molecule has 73 heavy (non-hydrogen) atoms. The number of methoxy groups -OCH3 is 1. The van der Waals surface area contributed by atoms with Crippen molar-refractivity contribution in [2.75, 3.05) is 48.5 Å². The number of carbonyl (C=O) groups is 1. The van der Waals surface area contributed by atoms with Crippen molar-refractivity contribution >= 4 is 17.4 Å². The van der Waals surface area contributed by atoms with Gasteiger partial charge in [0.1, 0.15) is 17.3 Å². The molecule has 4 aromatic carbocycles. The molecule has 390 valence electrons. The summed E-state index contributed by atoms with van der Waals surface area (Å²) in [4.78, 5) is 31.9. The number of nitrogens with zero attached hydrogens (tertiary/aromatic N) is 6. The van der Waals surface area contributed by atoms with Gasteiger partial charge < -0.3 is 29.6 Å². The predicted molar refractivity (Wildman–Crippen MR) is 285 cm³/mol. The molecule has 1 aromatic heterocycles. The minimum Gasteiger partial charge on any atom is -0.457 e. The highest BCUT2D eigenvalue weighted by Crippen LogP contribution is 2.63. The highest BCUT2D eigenvalue weighted by atomic mass is 35.5. The van der Waals surface area contributed by atoms with Crippen LogP contribution in [0.5, 0.6) is 11.5 Å². The number of halogens is 3. The fraction of sp³-hybridized carbons (Fsp3) is 0.525. The predicted octanol–water partition coefficient (Wildman–Crippen LogP) is 9.28. The average molecular weight is 1020 g/mol. The molecule has 5 aromatic rings. The lowest BCUT2D eigenvalue weighted by Crippen LogP contribution is -2.73. The first-order valence-electron chi connectivity index (χ1n) is 26.5. The van der Waals surface area contributed by atoms with Crippen molar-refractivity contribution in [2.24, 2.45) is 23.8 Å². The zero-order valence-corrected chi connectivity index (χ0v) is 44.8. The van der Waals surface area contributed by atoms with Crippen molar-refractivity contribution in [1.29, 1.82) is 0 Å². The number of rotatable bonds is 15. The van der Waals surface area contributed by atoms with E-state index in [0.717, 1.165) is 54.9 Å². The molecule has 1 aliphatic carbocycles. The minimum atomic E-state index is -2.69. The molecule has 2 bridgehead atoms. The number of nitrogens with one attached hydrogen (secondary N) is 2. The van der Waals surface area contributed by atoms with Crippen LogP contribution in [0, 0.1) is 16.7 Å². The molecular formula is C59H75ClF2N8O3. The maximum Gasteiger partial charge on any atom is 0.263 e. The summed E-state index contributed by atoms with van der Waals surface area (Å²) in [7, 11) is 12.3. The van der Waals surface area contributed by atoms with Gasteiger partial charge in [0, 0.05) is 103 Å². The van der Waals surface area contributed by atoms with E-state index >= 15 is 4.79 Å². The van der Waals surface area contributed by atoms with Gasteiger partial charge in [-0.2, -0.15) is 0 Å². The van der Waals surface area contributed by atoms with E-state index in [-0.39, 0.29) is 65.9 Å². The Labute approximate surface area is 436 Å². The van der Waals surface area contributed by atoms with Crippen LogP contribution in [-0.4, -0.2) is 138 Å². The Kier molecular flexibility index (Phi) is 14.8. The Bertz CT molecular complexity index is 2730. The fourth-order valence-corrected chi connectivity index (χ4v) is 15.0. The summed E-state index contributed by atoms with van der Waals surface area (Å²) in [6, 6.07) is 30.7. The molecule has 14 heteroatoms. The average Bonchev–Trinajstić information content (AvgIpc) is 4.02. The summed E-state index contributed by atoms with van der Waals surface area (Å²) in [6.45, 7) is 9.19. The van der Waals surface area contributed by atoms with Gasteiger partial charge in [0.2, 0.25) is 0 Å². The number of aromatic nitrogens is 2. The summed E-state index contributed by atoms with van der Waals surface area (Å²) < 4.78 is 44.5. The van der Waals surface area contributed by atoms with Crippen LogP contribution < -0.4 is 15.4 Å². The Morgan fingerprint density at radius 1 is 0.904 bits per heavy atom. The molecule has 5 fully saturated rings. The monoisotopic (exact) mass is 1020 g/mol. The Morgan fingerprint density at radius 2 is 1.63 bits per heavy atom. The third-order valence-corrected chi connectivity index (χ3v) is 18.5. The number of ether oxygens (including phenoxy) is 2. The van der Waals surface area contributed by atoms with E-state index in [2.05, 4.69) is 117 Å². The lowest BCUT2D eigenvalue weighted by Gasteiger charge is -2.57. The number of carbonyl (C=O) groups excluding carboxylic acids is 1. The summed E-state index contributed by atoms with van der Waals surface area (Å²) >= 11 is 6.41. The van der Waals surface area contributed by atoms with Crippen LogP contribution in [0.15, 0.2) is 103 Å². The van der Waals surface area contributed by atoms with Crippen molar-refractivity contribution in [3.05, 3.63) is 136 Å². The molecule has 5 aliphatic rings. The van der Waals surface area contributed by atoms with Gasteiger partial charge in [0.15, 0.2) is 5.78 Å². The molecule has 1 saturated carbocycles. The number of likely N-dealkylation sites (N-methyl/N-ethyl adjacent to an activating group) is 2. The zero-order chi connectivity index (χ0) is 51.5. The molecule has 10 rings (SSSR count). The van der Waals surface area contributed by atoms with Gasteiger partial charge in [-0.25, -0.2) is 13.8 Å². The van der Waals surface area contributed by atoms with Crippen molar-refractivity contribution < 1.29 is 23.0 Å². The number of benzene rings is 4. The highest BCUT2D eigenvalue weighted by molar-refractivity contribution is 6.30. The Morgan fingerprint density at radius 3 is 2.32 bits per heavy atom. The first-order valence-corrected chi connectivity index (χ1v) is 26.8. The SMILES string of the molecule is CCC12C(=O)C34C5C[C@H](Cc6ccc(Cl)cc6)N(C)C3[C@@H](COC)NC4[C@H](C)N(Cc3ccc(C(F)F)cc3Oc3ccc(-c4cnc(CN(C)C)n4C)cc3)C1C[C@@H](Cc1ccccc1)C2N(C)[C@@H](C)CN5. The largest absolute Gasteiger partial charge is 0.457 e. The van der Waals surface area contributed by atoms with E-state index in [1.54, 1.807) is 13.2 Å². The van der Waals surface area contributed by atoms with Crippen molar-refractivity contribution in [2.45, 2.75) is 127 Å². The molecule has 1 spiro atoms.